The highest BCUT2D eigenvalue weighted by Gasteiger charge is 2.40. The molecule has 56 heavy (non-hydrogen) atoms. The molecule has 3 aromatic heterocycles. The fraction of sp³-hybridized carbons (Fsp3) is 0.590. The third-order valence-electron chi connectivity index (χ3n) is 8.80. The molecule has 17 heteroatoms. The molecule has 3 aromatic rings. The number of anilines is 1. The molecule has 1 saturated heterocycles. The first-order chi connectivity index (χ1) is 27.2. The molecular formula is C39H56F3N7O7. The number of alkyl halides is 3. The Balaban J connectivity index is 1.39. The Labute approximate surface area is 327 Å². The van der Waals surface area contributed by atoms with Gasteiger partial charge >= 0.3 is 6.18 Å². The van der Waals surface area contributed by atoms with Gasteiger partial charge in [-0.3, -0.25) is 4.79 Å². The number of nitrogens with zero attached hydrogens (tertiary/aromatic N) is 5. The molecular weight excluding hydrogens is 735 g/mol. The highest BCUT2D eigenvalue weighted by molar-refractivity contribution is 5.95. The third-order valence-corrected chi connectivity index (χ3v) is 8.80. The van der Waals surface area contributed by atoms with Gasteiger partial charge in [-0.15, -0.1) is 0 Å². The number of ether oxygens (including phenoxy) is 6. The zero-order chi connectivity index (χ0) is 40.2. The van der Waals surface area contributed by atoms with Crippen molar-refractivity contribution in [1.29, 1.82) is 0 Å². The Hall–Kier alpha value is -4.13. The molecule has 3 N–H and O–H groups in total. The summed E-state index contributed by atoms with van der Waals surface area (Å²) in [6, 6.07) is 9.94. The fourth-order valence-electron chi connectivity index (χ4n) is 6.16. The van der Waals surface area contributed by atoms with Crippen molar-refractivity contribution in [3.63, 3.8) is 0 Å². The lowest BCUT2D eigenvalue weighted by molar-refractivity contribution is -0.141. The summed E-state index contributed by atoms with van der Waals surface area (Å²) in [5.74, 6) is -0.415. The predicted octanol–water partition coefficient (Wildman–Crippen LogP) is 4.60. The summed E-state index contributed by atoms with van der Waals surface area (Å²) in [6.07, 6.45) is -1.75. The Morgan fingerprint density at radius 2 is 1.57 bits per heavy atom. The number of piperazine rings is 1. The van der Waals surface area contributed by atoms with E-state index in [1.54, 1.807) is 13.1 Å². The minimum Gasteiger partial charge on any atom is -0.478 e. The van der Waals surface area contributed by atoms with Gasteiger partial charge in [0.1, 0.15) is 0 Å². The van der Waals surface area contributed by atoms with E-state index in [0.717, 1.165) is 29.4 Å². The van der Waals surface area contributed by atoms with Gasteiger partial charge in [-0.25, -0.2) is 15.0 Å². The van der Waals surface area contributed by atoms with Gasteiger partial charge in [-0.05, 0) is 63.6 Å². The van der Waals surface area contributed by atoms with Crippen LogP contribution in [-0.2, 0) is 31.7 Å². The maximum absolute atomic E-state index is 14.0. The second kappa shape index (κ2) is 23.8. The number of carbonyl (C=O) groups is 1. The molecule has 14 nitrogen and oxygen atoms in total. The second-order valence-electron chi connectivity index (χ2n) is 12.7. The first-order valence-electron chi connectivity index (χ1n) is 19.3. The van der Waals surface area contributed by atoms with Gasteiger partial charge in [-0.1, -0.05) is 6.92 Å². The molecule has 0 radical (unpaired) electrons. The minimum atomic E-state index is -4.83. The molecule has 1 amide bonds. The largest absolute Gasteiger partial charge is 0.478 e. The van der Waals surface area contributed by atoms with Gasteiger partial charge in [0, 0.05) is 57.6 Å². The van der Waals surface area contributed by atoms with E-state index in [2.05, 4.69) is 20.2 Å². The van der Waals surface area contributed by atoms with Crippen LogP contribution in [0.4, 0.5) is 18.9 Å². The number of pyridine rings is 3. The first kappa shape index (κ1) is 44.6. The molecule has 0 unspecified atom stereocenters. The summed E-state index contributed by atoms with van der Waals surface area (Å²) in [7, 11) is 0. The molecule has 0 aliphatic carbocycles. The normalized spacial score (nSPS) is 14.7. The Kier molecular flexibility index (Phi) is 19.0. The van der Waals surface area contributed by atoms with Gasteiger partial charge < -0.3 is 49.3 Å². The van der Waals surface area contributed by atoms with Crippen LogP contribution >= 0.6 is 0 Å². The van der Waals surface area contributed by atoms with Gasteiger partial charge in [-0.2, -0.15) is 13.2 Å². The molecule has 1 fully saturated rings. The highest BCUT2D eigenvalue weighted by atomic mass is 19.4. The van der Waals surface area contributed by atoms with E-state index in [9.17, 15) is 18.0 Å². The second-order valence-corrected chi connectivity index (χ2v) is 12.7. The maximum Gasteiger partial charge on any atom is 0.434 e. The van der Waals surface area contributed by atoms with Crippen LogP contribution in [-0.4, -0.2) is 131 Å². The molecule has 0 aromatic carbocycles. The number of halogens is 3. The molecule has 310 valence electrons. The zero-order valence-corrected chi connectivity index (χ0v) is 32.7. The minimum absolute atomic E-state index is 0.150. The maximum atomic E-state index is 14.0. The lowest BCUT2D eigenvalue weighted by Crippen LogP contribution is -2.55. The molecule has 4 rings (SSSR count). The van der Waals surface area contributed by atoms with Crippen molar-refractivity contribution in [3.05, 3.63) is 59.5 Å². The number of nitrogens with one attached hydrogen (secondary N) is 1. The zero-order valence-electron chi connectivity index (χ0n) is 32.7. The topological polar surface area (TPSA) is 156 Å². The van der Waals surface area contributed by atoms with E-state index in [-0.39, 0.29) is 31.6 Å². The Bertz CT molecular complexity index is 1620. The molecule has 0 spiro atoms. The van der Waals surface area contributed by atoms with Crippen molar-refractivity contribution in [2.24, 2.45) is 5.73 Å². The van der Waals surface area contributed by atoms with Crippen LogP contribution in [0.3, 0.4) is 0 Å². The smallest absolute Gasteiger partial charge is 0.434 e. The van der Waals surface area contributed by atoms with Gasteiger partial charge in [0.2, 0.25) is 11.8 Å². The van der Waals surface area contributed by atoms with E-state index in [4.69, 9.17) is 39.1 Å². The number of hydrogen-bond donors (Lipinski definition) is 2. The van der Waals surface area contributed by atoms with Crippen molar-refractivity contribution in [2.75, 3.05) is 104 Å². The number of nitrogens with two attached hydrogens (primary N) is 1. The summed E-state index contributed by atoms with van der Waals surface area (Å²) in [4.78, 5) is 30.4. The summed E-state index contributed by atoms with van der Waals surface area (Å²) in [6.45, 7) is 12.6. The van der Waals surface area contributed by atoms with Gasteiger partial charge in [0.05, 0.1) is 87.7 Å². The number of aromatic nitrogens is 3. The quantitative estimate of drug-likeness (QED) is 0.115. The highest BCUT2D eigenvalue weighted by Crippen LogP contribution is 2.35. The van der Waals surface area contributed by atoms with Crippen LogP contribution in [0, 0.1) is 0 Å². The van der Waals surface area contributed by atoms with E-state index in [1.807, 2.05) is 38.1 Å². The molecule has 1 atom stereocenters. The van der Waals surface area contributed by atoms with Crippen molar-refractivity contribution in [3.8, 4) is 23.0 Å². The number of hydrogen-bond acceptors (Lipinski definition) is 13. The standard InChI is InChI=1S/C39H56F3N7O7/c1-4-29-28-48(38(50)31-10-13-35(55-5-2)47-36(31)39(40,41)42)17-18-49(29)34-12-11-32(30-9-7-16-45-37(30)56-6-3)46-33(34)27-44-15-8-19-51-21-23-53-25-26-54-24-22-52-20-14-43/h7,9-13,16,29,44H,4-6,8,14-15,17-28,43H2,1-3H3/t29-/m1/s1. The van der Waals surface area contributed by atoms with E-state index in [0.29, 0.717) is 104 Å². The van der Waals surface area contributed by atoms with E-state index in [1.165, 1.54) is 11.0 Å². The molecule has 0 saturated carbocycles. The predicted molar refractivity (Wildman–Crippen MR) is 205 cm³/mol. The number of carbonyl (C=O) groups excluding carboxylic acids is 1. The van der Waals surface area contributed by atoms with E-state index >= 15 is 0 Å². The summed E-state index contributed by atoms with van der Waals surface area (Å²) in [5, 5.41) is 3.49. The van der Waals surface area contributed by atoms with Crippen molar-refractivity contribution in [2.45, 2.75) is 52.4 Å². The Morgan fingerprint density at radius 1 is 0.875 bits per heavy atom. The van der Waals surface area contributed by atoms with Crippen molar-refractivity contribution < 1.29 is 46.4 Å². The summed E-state index contributed by atoms with van der Waals surface area (Å²) in [5.41, 5.74) is 6.74. The molecule has 4 heterocycles. The lowest BCUT2D eigenvalue weighted by Gasteiger charge is -2.43. The first-order valence-corrected chi connectivity index (χ1v) is 19.3. The lowest BCUT2D eigenvalue weighted by atomic mass is 10.0. The number of rotatable bonds is 25. The average Bonchev–Trinajstić information content (AvgIpc) is 3.20. The van der Waals surface area contributed by atoms with Gasteiger partial charge in [0.15, 0.2) is 5.69 Å². The van der Waals surface area contributed by atoms with Gasteiger partial charge in [0.25, 0.3) is 5.91 Å². The van der Waals surface area contributed by atoms with Crippen LogP contribution in [0.1, 0.15) is 55.4 Å². The average molecular weight is 792 g/mol. The van der Waals surface area contributed by atoms with Crippen LogP contribution < -0.4 is 25.4 Å². The van der Waals surface area contributed by atoms with E-state index < -0.39 is 23.3 Å². The number of amides is 1. The molecule has 1 aliphatic rings. The Morgan fingerprint density at radius 3 is 2.23 bits per heavy atom. The third kappa shape index (κ3) is 13.5. The summed E-state index contributed by atoms with van der Waals surface area (Å²) >= 11 is 0. The monoisotopic (exact) mass is 791 g/mol. The summed E-state index contributed by atoms with van der Waals surface area (Å²) < 4.78 is 75.1. The van der Waals surface area contributed by atoms with Crippen LogP contribution in [0.5, 0.6) is 11.8 Å². The van der Waals surface area contributed by atoms with Crippen molar-refractivity contribution >= 4 is 11.6 Å². The molecule has 0 bridgehead atoms. The van der Waals surface area contributed by atoms with Crippen LogP contribution in [0.15, 0.2) is 42.6 Å². The van der Waals surface area contributed by atoms with Crippen LogP contribution in [0.25, 0.3) is 11.3 Å². The van der Waals surface area contributed by atoms with Crippen molar-refractivity contribution in [1.82, 2.24) is 25.2 Å². The molecule has 1 aliphatic heterocycles. The SMILES string of the molecule is CCOc1ccc(C(=O)N2CCN(c3ccc(-c4cccnc4OCC)nc3CNCCCOCCOCCOCCOCCN)[C@H](CC)C2)c(C(F)(F)F)n1. The van der Waals surface area contributed by atoms with Crippen LogP contribution in [0.2, 0.25) is 0 Å². The fourth-order valence-corrected chi connectivity index (χ4v) is 6.16.